The third-order valence-electron chi connectivity index (χ3n) is 3.20. The second-order valence-corrected chi connectivity index (χ2v) is 5.53. The Labute approximate surface area is 145 Å². The maximum atomic E-state index is 13.0. The van der Waals surface area contributed by atoms with E-state index in [1.807, 2.05) is 5.32 Å². The van der Waals surface area contributed by atoms with Gasteiger partial charge in [-0.05, 0) is 48.9 Å². The number of halogens is 4. The molecule has 3 N–H and O–H groups in total. The number of phenolic OH excluding ortho intramolecular Hbond substituents is 1. The van der Waals surface area contributed by atoms with E-state index >= 15 is 0 Å². The fourth-order valence-corrected chi connectivity index (χ4v) is 2.18. The van der Waals surface area contributed by atoms with Gasteiger partial charge in [0.15, 0.2) is 0 Å². The lowest BCUT2D eigenvalue weighted by molar-refractivity contribution is -0.137. The summed E-state index contributed by atoms with van der Waals surface area (Å²) >= 11 is 5.55. The maximum Gasteiger partial charge on any atom is 0.418 e. The molecule has 0 aromatic heterocycles. The number of hydrogen-bond donors (Lipinski definition) is 3. The quantitative estimate of drug-likeness (QED) is 0.551. The molecule has 0 bridgehead atoms. The molecule has 2 rings (SSSR count). The second kappa shape index (κ2) is 7.02. The van der Waals surface area contributed by atoms with Gasteiger partial charge >= 0.3 is 18.0 Å². The number of benzene rings is 2. The molecule has 0 aliphatic rings. The summed E-state index contributed by atoms with van der Waals surface area (Å²) in [6.45, 7) is 1.58. The number of aryl methyl sites for hydroxylation is 1. The number of anilines is 2. The number of nitrogens with one attached hydrogen (secondary N) is 2. The van der Waals surface area contributed by atoms with Crippen molar-refractivity contribution in [3.05, 3.63) is 52.5 Å². The van der Waals surface area contributed by atoms with Crippen molar-refractivity contribution in [3.8, 4) is 5.75 Å². The molecule has 0 fully saturated rings. The van der Waals surface area contributed by atoms with Gasteiger partial charge in [0.25, 0.3) is 0 Å². The van der Waals surface area contributed by atoms with E-state index < -0.39 is 29.2 Å². The zero-order valence-corrected chi connectivity index (χ0v) is 13.5. The minimum Gasteiger partial charge on any atom is -0.508 e. The Kier molecular flexibility index (Phi) is 5.22. The van der Waals surface area contributed by atoms with Gasteiger partial charge < -0.3 is 15.7 Å². The molecular weight excluding hydrogens is 361 g/mol. The molecule has 0 aliphatic heterocycles. The van der Waals surface area contributed by atoms with E-state index in [1.54, 1.807) is 6.92 Å². The summed E-state index contributed by atoms with van der Waals surface area (Å²) in [5.74, 6) is -2.46. The van der Waals surface area contributed by atoms with Crippen LogP contribution in [-0.4, -0.2) is 16.9 Å². The summed E-state index contributed by atoms with van der Waals surface area (Å²) in [5, 5.41) is 13.3. The first-order valence-electron chi connectivity index (χ1n) is 6.86. The van der Waals surface area contributed by atoms with Crippen LogP contribution in [0.1, 0.15) is 11.1 Å². The van der Waals surface area contributed by atoms with Crippen molar-refractivity contribution in [3.63, 3.8) is 0 Å². The number of phenols is 1. The van der Waals surface area contributed by atoms with Gasteiger partial charge in [-0.1, -0.05) is 11.6 Å². The van der Waals surface area contributed by atoms with Crippen LogP contribution in [0.4, 0.5) is 24.5 Å². The first-order chi connectivity index (χ1) is 11.6. The Hall–Kier alpha value is -2.74. The van der Waals surface area contributed by atoms with Gasteiger partial charge in [0.2, 0.25) is 0 Å². The van der Waals surface area contributed by atoms with E-state index in [2.05, 4.69) is 5.32 Å². The lowest BCUT2D eigenvalue weighted by Crippen LogP contribution is -2.30. The zero-order chi connectivity index (χ0) is 18.8. The smallest absolute Gasteiger partial charge is 0.418 e. The van der Waals surface area contributed by atoms with Gasteiger partial charge in [-0.15, -0.1) is 0 Å². The first-order valence-corrected chi connectivity index (χ1v) is 7.24. The number of rotatable bonds is 2. The Morgan fingerprint density at radius 1 is 1.00 bits per heavy atom. The monoisotopic (exact) mass is 372 g/mol. The highest BCUT2D eigenvalue weighted by molar-refractivity contribution is 6.43. The molecule has 5 nitrogen and oxygen atoms in total. The molecule has 0 radical (unpaired) electrons. The van der Waals surface area contributed by atoms with Gasteiger partial charge in [-0.2, -0.15) is 13.2 Å². The fourth-order valence-electron chi connectivity index (χ4n) is 2.01. The third kappa shape index (κ3) is 4.63. The van der Waals surface area contributed by atoms with Gasteiger partial charge in [-0.3, -0.25) is 9.59 Å². The van der Waals surface area contributed by atoms with Crippen LogP contribution in [0.25, 0.3) is 0 Å². The molecule has 0 atom stereocenters. The average Bonchev–Trinajstić information content (AvgIpc) is 2.50. The molecular formula is C16H12ClF3N2O3. The summed E-state index contributed by atoms with van der Waals surface area (Å²) in [5.41, 5.74) is -1.03. The molecule has 0 aliphatic carbocycles. The fraction of sp³-hybridized carbons (Fsp3) is 0.125. The molecule has 0 saturated heterocycles. The van der Waals surface area contributed by atoms with Crippen molar-refractivity contribution >= 4 is 34.8 Å². The zero-order valence-electron chi connectivity index (χ0n) is 12.7. The van der Waals surface area contributed by atoms with Crippen molar-refractivity contribution in [1.29, 1.82) is 0 Å². The Balaban J connectivity index is 2.18. The van der Waals surface area contributed by atoms with Crippen LogP contribution in [-0.2, 0) is 15.8 Å². The summed E-state index contributed by atoms with van der Waals surface area (Å²) in [7, 11) is 0. The number of amides is 2. The third-order valence-corrected chi connectivity index (χ3v) is 3.43. The SMILES string of the molecule is Cc1cc(O)ccc1NC(=O)C(=O)Nc1ccc(Cl)cc1C(F)(F)F. The highest BCUT2D eigenvalue weighted by atomic mass is 35.5. The topological polar surface area (TPSA) is 78.4 Å². The average molecular weight is 373 g/mol. The minimum absolute atomic E-state index is 0.0315. The lowest BCUT2D eigenvalue weighted by atomic mass is 10.1. The van der Waals surface area contributed by atoms with Crippen molar-refractivity contribution in [2.75, 3.05) is 10.6 Å². The normalized spacial score (nSPS) is 11.1. The van der Waals surface area contributed by atoms with Gasteiger partial charge in [-0.25, -0.2) is 0 Å². The van der Waals surface area contributed by atoms with Crippen LogP contribution in [0, 0.1) is 6.92 Å². The maximum absolute atomic E-state index is 13.0. The molecule has 25 heavy (non-hydrogen) atoms. The first kappa shape index (κ1) is 18.6. The molecule has 0 saturated carbocycles. The number of alkyl halides is 3. The summed E-state index contributed by atoms with van der Waals surface area (Å²) in [6, 6.07) is 6.78. The van der Waals surface area contributed by atoms with Gasteiger partial charge in [0, 0.05) is 10.7 Å². The second-order valence-electron chi connectivity index (χ2n) is 5.10. The van der Waals surface area contributed by atoms with Crippen LogP contribution in [0.3, 0.4) is 0 Å². The van der Waals surface area contributed by atoms with E-state index in [0.29, 0.717) is 11.6 Å². The van der Waals surface area contributed by atoms with Crippen molar-refractivity contribution in [1.82, 2.24) is 0 Å². The minimum atomic E-state index is -4.75. The van der Waals surface area contributed by atoms with E-state index in [-0.39, 0.29) is 16.5 Å². The molecule has 2 amide bonds. The van der Waals surface area contributed by atoms with Crippen LogP contribution in [0.2, 0.25) is 5.02 Å². The van der Waals surface area contributed by atoms with Gasteiger partial charge in [0.1, 0.15) is 5.75 Å². The molecule has 0 heterocycles. The predicted octanol–water partition coefficient (Wildman–Crippen LogP) is 3.95. The number of aromatic hydroxyl groups is 1. The molecule has 0 unspecified atom stereocenters. The molecule has 132 valence electrons. The summed E-state index contributed by atoms with van der Waals surface area (Å²) in [4.78, 5) is 23.8. The van der Waals surface area contributed by atoms with E-state index in [0.717, 1.165) is 12.1 Å². The molecule has 9 heteroatoms. The van der Waals surface area contributed by atoms with E-state index in [9.17, 15) is 27.9 Å². The standard InChI is InChI=1S/C16H12ClF3N2O3/c1-8-6-10(23)3-5-12(8)21-14(24)15(25)22-13-4-2-9(17)7-11(13)16(18,19)20/h2-7,23H,1H3,(H,21,24)(H,22,25). The summed E-state index contributed by atoms with van der Waals surface area (Å²) < 4.78 is 38.9. The van der Waals surface area contributed by atoms with E-state index in [4.69, 9.17) is 11.6 Å². The summed E-state index contributed by atoms with van der Waals surface area (Å²) in [6.07, 6.45) is -4.75. The lowest BCUT2D eigenvalue weighted by Gasteiger charge is -2.14. The molecule has 2 aromatic rings. The van der Waals surface area contributed by atoms with Gasteiger partial charge in [0.05, 0.1) is 11.3 Å². The van der Waals surface area contributed by atoms with Crippen LogP contribution < -0.4 is 10.6 Å². The highest BCUT2D eigenvalue weighted by Gasteiger charge is 2.34. The number of carbonyl (C=O) groups is 2. The Morgan fingerprint density at radius 3 is 2.12 bits per heavy atom. The highest BCUT2D eigenvalue weighted by Crippen LogP contribution is 2.36. The van der Waals surface area contributed by atoms with Crippen LogP contribution in [0.5, 0.6) is 5.75 Å². The molecule has 0 spiro atoms. The van der Waals surface area contributed by atoms with Crippen molar-refractivity contribution in [2.24, 2.45) is 0 Å². The van der Waals surface area contributed by atoms with Crippen molar-refractivity contribution in [2.45, 2.75) is 13.1 Å². The number of carbonyl (C=O) groups excluding carboxylic acids is 2. The largest absolute Gasteiger partial charge is 0.508 e. The van der Waals surface area contributed by atoms with Crippen LogP contribution in [0.15, 0.2) is 36.4 Å². The Morgan fingerprint density at radius 2 is 1.56 bits per heavy atom. The van der Waals surface area contributed by atoms with E-state index in [1.165, 1.54) is 18.2 Å². The van der Waals surface area contributed by atoms with Crippen molar-refractivity contribution < 1.29 is 27.9 Å². The predicted molar refractivity (Wildman–Crippen MR) is 86.6 cm³/mol. The Bertz CT molecular complexity index is 838. The van der Waals surface area contributed by atoms with Crippen LogP contribution >= 0.6 is 11.6 Å². The number of hydrogen-bond acceptors (Lipinski definition) is 3. The molecule has 2 aromatic carbocycles.